The smallest absolute Gasteiger partial charge is 0.427 e. The van der Waals surface area contributed by atoms with E-state index in [9.17, 15) is 24.6 Å². The highest BCUT2D eigenvalue weighted by molar-refractivity contribution is 6.06. The second kappa shape index (κ2) is 8.60. The zero-order valence-electron chi connectivity index (χ0n) is 17.0. The van der Waals surface area contributed by atoms with Gasteiger partial charge < -0.3 is 19.7 Å². The maximum Gasteiger partial charge on any atom is 0.427 e. The molecule has 3 N–H and O–H groups in total. The molecule has 0 unspecified atom stereocenters. The fourth-order valence-corrected chi connectivity index (χ4v) is 5.52. The van der Waals surface area contributed by atoms with Gasteiger partial charge in [0, 0.05) is 30.6 Å². The van der Waals surface area contributed by atoms with Gasteiger partial charge in [-0.2, -0.15) is 5.10 Å². The van der Waals surface area contributed by atoms with Gasteiger partial charge in [-0.15, -0.1) is 0 Å². The zero-order chi connectivity index (χ0) is 21.4. The summed E-state index contributed by atoms with van der Waals surface area (Å²) in [4.78, 5) is 39.1. The Morgan fingerprint density at radius 2 is 2.00 bits per heavy atom. The van der Waals surface area contributed by atoms with Gasteiger partial charge in [0.2, 0.25) is 11.8 Å². The molecule has 2 heterocycles. The minimum absolute atomic E-state index is 0.0912. The minimum Gasteiger partial charge on any atom is -0.449 e. The van der Waals surface area contributed by atoms with E-state index in [2.05, 4.69) is 10.5 Å². The van der Waals surface area contributed by atoms with E-state index in [-0.39, 0.29) is 43.4 Å². The second-order valence-corrected chi connectivity index (χ2v) is 8.51. The average Bonchev–Trinajstić information content (AvgIpc) is 3.32. The van der Waals surface area contributed by atoms with Crippen molar-refractivity contribution in [3.63, 3.8) is 0 Å². The summed E-state index contributed by atoms with van der Waals surface area (Å²) in [6, 6.07) is 0. The molecule has 0 radical (unpaired) electrons. The van der Waals surface area contributed by atoms with E-state index in [1.807, 2.05) is 0 Å². The average molecular weight is 423 g/mol. The van der Waals surface area contributed by atoms with Crippen molar-refractivity contribution < 1.29 is 34.1 Å². The first-order chi connectivity index (χ1) is 14.4. The lowest BCUT2D eigenvalue weighted by molar-refractivity contribution is -0.143. The van der Waals surface area contributed by atoms with Crippen LogP contribution in [0.4, 0.5) is 4.79 Å². The van der Waals surface area contributed by atoms with E-state index >= 15 is 0 Å². The van der Waals surface area contributed by atoms with Gasteiger partial charge in [-0.1, -0.05) is 0 Å². The molecule has 2 aliphatic heterocycles. The lowest BCUT2D eigenvalue weighted by Gasteiger charge is -2.45. The number of rotatable bonds is 4. The largest absolute Gasteiger partial charge is 0.449 e. The normalized spacial score (nSPS) is 39.8. The van der Waals surface area contributed by atoms with Gasteiger partial charge >= 0.3 is 6.09 Å². The van der Waals surface area contributed by atoms with Gasteiger partial charge in [0.05, 0.1) is 43.3 Å². The van der Waals surface area contributed by atoms with Crippen LogP contribution in [0.1, 0.15) is 39.0 Å². The lowest BCUT2D eigenvalue weighted by Crippen LogP contribution is -2.55. The number of aliphatic hydroxyl groups excluding tert-OH is 2. The van der Waals surface area contributed by atoms with Gasteiger partial charge in [0.15, 0.2) is 0 Å². The third-order valence-electron chi connectivity index (χ3n) is 6.85. The Morgan fingerprint density at radius 3 is 2.70 bits per heavy atom. The highest BCUT2D eigenvalue weighted by Crippen LogP contribution is 2.49. The third kappa shape index (κ3) is 3.72. The van der Waals surface area contributed by atoms with Crippen LogP contribution in [0, 0.1) is 23.7 Å². The van der Waals surface area contributed by atoms with E-state index in [4.69, 9.17) is 9.47 Å². The van der Waals surface area contributed by atoms with Crippen LogP contribution < -0.4 is 5.43 Å². The molecule has 2 aliphatic carbocycles. The number of likely N-dealkylation sites (tertiary alicyclic amines) is 1. The summed E-state index contributed by atoms with van der Waals surface area (Å²) in [6.45, 7) is 2.75. The number of fused-ring (bicyclic) bond motifs is 3. The number of hydrogen-bond acceptors (Lipinski definition) is 8. The fraction of sp³-hybridized carbons (Fsp3) is 0.800. The number of carbonyl (C=O) groups excluding carboxylic acids is 3. The van der Waals surface area contributed by atoms with Crippen LogP contribution in [-0.2, 0) is 19.1 Å². The molecule has 166 valence electrons. The van der Waals surface area contributed by atoms with Crippen LogP contribution in [0.15, 0.2) is 5.10 Å². The summed E-state index contributed by atoms with van der Waals surface area (Å²) >= 11 is 0. The predicted octanol–water partition coefficient (Wildman–Crippen LogP) is 0.0204. The van der Waals surface area contributed by atoms with Crippen LogP contribution in [0.3, 0.4) is 0 Å². The molecule has 0 bridgehead atoms. The van der Waals surface area contributed by atoms with Gasteiger partial charge in [-0.3, -0.25) is 14.5 Å². The Bertz CT molecular complexity index is 736. The molecule has 2 saturated heterocycles. The number of ether oxygens (including phenoxy) is 2. The Hall–Kier alpha value is -2.04. The van der Waals surface area contributed by atoms with Crippen LogP contribution in [0.2, 0.25) is 0 Å². The molecule has 4 aliphatic rings. The molecule has 7 atom stereocenters. The van der Waals surface area contributed by atoms with Crippen LogP contribution in [0.25, 0.3) is 0 Å². The molecule has 4 fully saturated rings. The number of aliphatic hydroxyl groups is 2. The van der Waals surface area contributed by atoms with Gasteiger partial charge in [-0.05, 0) is 32.6 Å². The maximum absolute atomic E-state index is 13.2. The minimum atomic E-state index is -1.14. The predicted molar refractivity (Wildman–Crippen MR) is 103 cm³/mol. The van der Waals surface area contributed by atoms with Crippen molar-refractivity contribution >= 4 is 23.6 Å². The van der Waals surface area contributed by atoms with E-state index in [1.165, 1.54) is 4.90 Å². The Morgan fingerprint density at radius 1 is 1.23 bits per heavy atom. The molecular weight excluding hydrogens is 394 g/mol. The van der Waals surface area contributed by atoms with Crippen molar-refractivity contribution in [2.24, 2.45) is 28.8 Å². The van der Waals surface area contributed by atoms with Crippen molar-refractivity contribution in [2.75, 3.05) is 19.8 Å². The number of amides is 3. The van der Waals surface area contributed by atoms with E-state index < -0.39 is 36.1 Å². The number of carbonyl (C=O) groups is 3. The van der Waals surface area contributed by atoms with Crippen LogP contribution in [0.5, 0.6) is 0 Å². The third-order valence-corrected chi connectivity index (χ3v) is 6.85. The molecule has 3 amide bonds. The van der Waals surface area contributed by atoms with Crippen molar-refractivity contribution in [2.45, 2.75) is 57.3 Å². The molecule has 10 nitrogen and oxygen atoms in total. The standard InChI is InChI=1S/C20H29N3O7/c1-2-29-20(28)22-21-13-8-14(24)17(25)15-11(13)5-6-12-16(15)19(27)23(18(12)26)9-10-4-3-7-30-10/h10-12,14-17,24-25H,2-9H2,1H3,(H,22,28)/b21-13+/t10-,11-,12+,14+,15-,16+,17+/m0/s1. The maximum atomic E-state index is 13.2. The molecule has 10 heteroatoms. The highest BCUT2D eigenvalue weighted by atomic mass is 16.5. The number of nitrogens with one attached hydrogen (secondary N) is 1. The topological polar surface area (TPSA) is 138 Å². The SMILES string of the molecule is CCOC(=O)N/N=C1\C[C@@H](O)[C@@H](O)[C@@H]2[C@@H]3C(=O)N(C[C@@H]4CCCO4)C(=O)[C@@H]3CC[C@@H]12. The summed E-state index contributed by atoms with van der Waals surface area (Å²) < 4.78 is 10.4. The van der Waals surface area contributed by atoms with Crippen LogP contribution >= 0.6 is 0 Å². The Balaban J connectivity index is 1.56. The number of hydrogen-bond donors (Lipinski definition) is 3. The van der Waals surface area contributed by atoms with Crippen molar-refractivity contribution in [3.05, 3.63) is 0 Å². The van der Waals surface area contributed by atoms with E-state index in [0.29, 0.717) is 25.2 Å². The molecule has 4 rings (SSSR count). The first-order valence-electron chi connectivity index (χ1n) is 10.7. The van der Waals surface area contributed by atoms with E-state index in [0.717, 1.165) is 12.8 Å². The molecule has 0 aromatic rings. The molecule has 0 aromatic carbocycles. The van der Waals surface area contributed by atoms with E-state index in [1.54, 1.807) is 6.92 Å². The summed E-state index contributed by atoms with van der Waals surface area (Å²) in [5.41, 5.74) is 2.83. The second-order valence-electron chi connectivity index (χ2n) is 8.51. The molecular formula is C20H29N3O7. The zero-order valence-corrected chi connectivity index (χ0v) is 17.0. The van der Waals surface area contributed by atoms with Crippen molar-refractivity contribution in [3.8, 4) is 0 Å². The van der Waals surface area contributed by atoms with Crippen LogP contribution in [-0.4, -0.2) is 76.8 Å². The molecule has 0 aromatic heterocycles. The molecule has 2 saturated carbocycles. The summed E-state index contributed by atoms with van der Waals surface area (Å²) in [5, 5.41) is 25.3. The van der Waals surface area contributed by atoms with Crippen molar-refractivity contribution in [1.29, 1.82) is 0 Å². The summed E-state index contributed by atoms with van der Waals surface area (Å²) in [5.74, 6) is -2.64. The first kappa shape index (κ1) is 21.2. The van der Waals surface area contributed by atoms with Gasteiger partial charge in [-0.25, -0.2) is 10.2 Å². The molecule has 30 heavy (non-hydrogen) atoms. The summed E-state index contributed by atoms with van der Waals surface area (Å²) in [7, 11) is 0. The highest BCUT2D eigenvalue weighted by Gasteiger charge is 2.59. The number of nitrogens with zero attached hydrogens (tertiary/aromatic N) is 2. The van der Waals surface area contributed by atoms with Gasteiger partial charge in [0.25, 0.3) is 0 Å². The first-order valence-corrected chi connectivity index (χ1v) is 10.7. The number of hydrazone groups is 1. The monoisotopic (exact) mass is 423 g/mol. The van der Waals surface area contributed by atoms with Gasteiger partial charge in [0.1, 0.15) is 0 Å². The lowest BCUT2D eigenvalue weighted by atomic mass is 9.60. The molecule has 0 spiro atoms. The fourth-order valence-electron chi connectivity index (χ4n) is 5.52. The number of imide groups is 1. The van der Waals surface area contributed by atoms with Crippen molar-refractivity contribution in [1.82, 2.24) is 10.3 Å². The Labute approximate surface area is 174 Å². The summed E-state index contributed by atoms with van der Waals surface area (Å²) in [6.07, 6.45) is -0.231. The quantitative estimate of drug-likeness (QED) is 0.428. The Kier molecular flexibility index (Phi) is 6.08.